The van der Waals surface area contributed by atoms with Gasteiger partial charge in [0.2, 0.25) is 0 Å². The summed E-state index contributed by atoms with van der Waals surface area (Å²) >= 11 is 0. The van der Waals surface area contributed by atoms with Crippen LogP contribution in [0.25, 0.3) is 78.6 Å². The molecule has 1 aliphatic heterocycles. The summed E-state index contributed by atoms with van der Waals surface area (Å²) in [7, 11) is 0. The monoisotopic (exact) mass is 903 g/mol. The van der Waals surface area contributed by atoms with Gasteiger partial charge in [0.25, 0.3) is 0 Å². The minimum Gasteiger partial charge on any atom is -0.462 e. The standard InChI is InChI=1S/C59H44N2O.C6H6.CH3N/c1-37-29-49-46-22-11-13-24-54(46)60-55(49)36-62-58-33-41(25-27-44(37)58)40-26-28-56-50(32-40)51-34-48-45-21-10-12-23-52(45)59(2,3)53(48)35-57(51)61(56)43-20-14-19-42(31-43)47(39-17-8-5-9-18-39)30-38-15-6-4-7-16-38;1-2-4-6-5-3-1;1-2/h4-29,31-36,47,60H,1,30H2,2-3H3;1-6H;2H,1H2/b49-29-,55-36+;;. The predicted molar refractivity (Wildman–Crippen MR) is 295 cm³/mol. The summed E-state index contributed by atoms with van der Waals surface area (Å²) in [5.41, 5.74) is 18.0. The van der Waals surface area contributed by atoms with Gasteiger partial charge in [0.15, 0.2) is 0 Å². The van der Waals surface area contributed by atoms with Crippen LogP contribution < -0.4 is 15.3 Å². The number of allylic oxidation sites excluding steroid dienone is 1. The molecule has 2 aliphatic rings. The summed E-state index contributed by atoms with van der Waals surface area (Å²) in [4.78, 5) is 3.54. The molecular weight excluding hydrogens is 851 g/mol. The molecule has 0 saturated carbocycles. The van der Waals surface area contributed by atoms with Crippen LogP contribution in [-0.2, 0) is 11.8 Å². The molecule has 338 valence electrons. The molecule has 4 nitrogen and oxygen atoms in total. The molecule has 4 heteroatoms. The third kappa shape index (κ3) is 7.83. The van der Waals surface area contributed by atoms with Crippen LogP contribution in [-0.4, -0.2) is 16.3 Å². The fourth-order valence-electron chi connectivity index (χ4n) is 10.8. The Morgan fingerprint density at radius 1 is 0.543 bits per heavy atom. The molecule has 0 fully saturated rings. The molecule has 1 unspecified atom stereocenters. The third-order valence-electron chi connectivity index (χ3n) is 14.2. The molecule has 3 heterocycles. The van der Waals surface area contributed by atoms with Gasteiger partial charge in [0.1, 0.15) is 12.0 Å². The van der Waals surface area contributed by atoms with Crippen molar-refractivity contribution in [2.24, 2.45) is 0 Å². The van der Waals surface area contributed by atoms with Gasteiger partial charge in [-0.15, -0.1) is 0 Å². The minimum atomic E-state index is -0.130. The zero-order chi connectivity index (χ0) is 47.8. The summed E-state index contributed by atoms with van der Waals surface area (Å²) in [6.45, 7) is 11.7. The van der Waals surface area contributed by atoms with Crippen LogP contribution in [0.3, 0.4) is 0 Å². The Morgan fingerprint density at radius 3 is 1.97 bits per heavy atom. The number of rotatable bonds is 6. The molecule has 0 spiro atoms. The number of fused-ring (bicyclic) bond motifs is 10. The number of aromatic nitrogens is 2. The van der Waals surface area contributed by atoms with E-state index in [2.05, 4.69) is 225 Å². The lowest BCUT2D eigenvalue weighted by Crippen LogP contribution is -2.24. The highest BCUT2D eigenvalue weighted by Gasteiger charge is 2.36. The molecule has 11 aromatic rings. The Balaban J connectivity index is 0.000000616. The first kappa shape index (κ1) is 43.8. The first-order valence-electron chi connectivity index (χ1n) is 24.0. The van der Waals surface area contributed by atoms with Crippen LogP contribution >= 0.6 is 0 Å². The maximum Gasteiger partial charge on any atom is 0.135 e. The molecule has 2 aromatic heterocycles. The Morgan fingerprint density at radius 2 is 1.19 bits per heavy atom. The van der Waals surface area contributed by atoms with Crippen LogP contribution in [0.5, 0.6) is 5.75 Å². The molecule has 13 rings (SSSR count). The highest BCUT2D eigenvalue weighted by molar-refractivity contribution is 6.13. The lowest BCUT2D eigenvalue weighted by Gasteiger charge is -2.22. The number of ether oxygens (including phenoxy) is 1. The highest BCUT2D eigenvalue weighted by Crippen LogP contribution is 2.51. The van der Waals surface area contributed by atoms with Crippen LogP contribution in [0.15, 0.2) is 225 Å². The normalized spacial score (nSPS) is 14.3. The molecule has 0 radical (unpaired) electrons. The number of hydrogen-bond acceptors (Lipinski definition) is 2. The van der Waals surface area contributed by atoms with Crippen molar-refractivity contribution in [3.63, 3.8) is 0 Å². The topological polar surface area (TPSA) is 53.8 Å². The van der Waals surface area contributed by atoms with Crippen LogP contribution in [0.1, 0.15) is 53.1 Å². The number of para-hydroxylation sites is 1. The summed E-state index contributed by atoms with van der Waals surface area (Å²) in [5, 5.41) is 11.2. The summed E-state index contributed by atoms with van der Waals surface area (Å²) < 4.78 is 9.00. The molecule has 0 saturated heterocycles. The molecular formula is C66H53N3O. The second kappa shape index (κ2) is 18.4. The van der Waals surface area contributed by atoms with E-state index in [1.54, 1.807) is 0 Å². The van der Waals surface area contributed by atoms with E-state index < -0.39 is 0 Å². The first-order valence-corrected chi connectivity index (χ1v) is 24.0. The molecule has 0 bridgehead atoms. The quantitative estimate of drug-likeness (QED) is 0.161. The van der Waals surface area contributed by atoms with E-state index in [1.165, 1.54) is 60.8 Å². The van der Waals surface area contributed by atoms with E-state index in [4.69, 9.17) is 10.1 Å². The smallest absolute Gasteiger partial charge is 0.135 e. The fraction of sp³-hybridized carbons (Fsp3) is 0.0758. The predicted octanol–water partition coefficient (Wildman–Crippen LogP) is 15.2. The van der Waals surface area contributed by atoms with Crippen molar-refractivity contribution in [1.29, 1.82) is 5.41 Å². The summed E-state index contributed by atoms with van der Waals surface area (Å²) in [6.07, 6.45) is 4.93. The van der Waals surface area contributed by atoms with Crippen LogP contribution in [0.2, 0.25) is 0 Å². The van der Waals surface area contributed by atoms with Crippen molar-refractivity contribution in [2.45, 2.75) is 31.6 Å². The van der Waals surface area contributed by atoms with Gasteiger partial charge in [0, 0.05) is 49.5 Å². The molecule has 2 N–H and O–H groups in total. The fourth-order valence-corrected chi connectivity index (χ4v) is 10.8. The molecule has 1 atom stereocenters. The van der Waals surface area contributed by atoms with Gasteiger partial charge in [-0.25, -0.2) is 0 Å². The maximum absolute atomic E-state index is 6.50. The van der Waals surface area contributed by atoms with Crippen LogP contribution in [0.4, 0.5) is 0 Å². The third-order valence-corrected chi connectivity index (χ3v) is 14.2. The van der Waals surface area contributed by atoms with Crippen molar-refractivity contribution in [3.05, 3.63) is 269 Å². The molecule has 1 aliphatic carbocycles. The van der Waals surface area contributed by atoms with Gasteiger partial charge < -0.3 is 19.7 Å². The maximum atomic E-state index is 6.50. The largest absolute Gasteiger partial charge is 0.462 e. The lowest BCUT2D eigenvalue weighted by atomic mass is 9.82. The van der Waals surface area contributed by atoms with E-state index in [0.29, 0.717) is 0 Å². The Kier molecular flexibility index (Phi) is 11.5. The van der Waals surface area contributed by atoms with Gasteiger partial charge in [-0.2, -0.15) is 0 Å². The number of hydrogen-bond donors (Lipinski definition) is 2. The molecule has 9 aromatic carbocycles. The first-order chi connectivity index (χ1) is 34.4. The number of benzene rings is 9. The SMILES string of the molecule is C=C1/C=c2\c([nH]c3ccccc23)=C/Oc2cc(-c3ccc4c(c3)c3cc5c(cc3n4-c3cccc(C(Cc4ccccc4)c4ccccc4)c3)C(C)(C)c3ccccc3-5)ccc21.C=N.c1ccccc1. The van der Waals surface area contributed by atoms with Crippen molar-refractivity contribution in [3.8, 4) is 33.7 Å². The Hall–Kier alpha value is -8.73. The summed E-state index contributed by atoms with van der Waals surface area (Å²) in [5.74, 6) is 0.983. The van der Waals surface area contributed by atoms with Gasteiger partial charge in [0.05, 0.1) is 16.4 Å². The Labute approximate surface area is 409 Å². The van der Waals surface area contributed by atoms with Gasteiger partial charge >= 0.3 is 0 Å². The van der Waals surface area contributed by atoms with Crippen LogP contribution in [0, 0.1) is 5.41 Å². The van der Waals surface area contributed by atoms with E-state index in [1.807, 2.05) is 42.7 Å². The van der Waals surface area contributed by atoms with Gasteiger partial charge in [-0.05, 0) is 123 Å². The summed E-state index contributed by atoms with van der Waals surface area (Å²) in [6, 6.07) is 78.8. The van der Waals surface area contributed by atoms with E-state index >= 15 is 0 Å². The second-order valence-corrected chi connectivity index (χ2v) is 18.7. The van der Waals surface area contributed by atoms with E-state index in [0.717, 1.165) is 61.6 Å². The number of H-pyrrole nitrogens is 1. The van der Waals surface area contributed by atoms with E-state index in [-0.39, 0.29) is 11.3 Å². The van der Waals surface area contributed by atoms with Crippen molar-refractivity contribution in [2.75, 3.05) is 0 Å². The highest BCUT2D eigenvalue weighted by atomic mass is 16.5. The second-order valence-electron chi connectivity index (χ2n) is 18.7. The number of nitrogens with one attached hydrogen (secondary N) is 2. The zero-order valence-corrected chi connectivity index (χ0v) is 39.5. The number of aromatic amines is 1. The average molecular weight is 904 g/mol. The van der Waals surface area contributed by atoms with E-state index in [9.17, 15) is 0 Å². The number of nitrogens with zero attached hydrogens (tertiary/aromatic N) is 1. The minimum absolute atomic E-state index is 0.130. The van der Waals surface area contributed by atoms with Crippen molar-refractivity contribution >= 4 is 57.3 Å². The average Bonchev–Trinajstić information content (AvgIpc) is 4.01. The van der Waals surface area contributed by atoms with Gasteiger partial charge in [-0.1, -0.05) is 190 Å². The Bertz CT molecular complexity index is 3830. The van der Waals surface area contributed by atoms with Crippen molar-refractivity contribution < 1.29 is 4.74 Å². The zero-order valence-electron chi connectivity index (χ0n) is 39.5. The van der Waals surface area contributed by atoms with Gasteiger partial charge in [-0.3, -0.25) is 0 Å². The molecule has 0 amide bonds. The molecule has 70 heavy (non-hydrogen) atoms. The van der Waals surface area contributed by atoms with Crippen molar-refractivity contribution in [1.82, 2.24) is 9.55 Å². The lowest BCUT2D eigenvalue weighted by molar-refractivity contribution is 0.536.